The Kier molecular flexibility index (Phi) is 7.78. The fraction of sp³-hybridized carbons (Fsp3) is 0.481. The van der Waals surface area contributed by atoms with Gasteiger partial charge in [0.1, 0.15) is 5.60 Å². The van der Waals surface area contributed by atoms with E-state index < -0.39 is 5.60 Å². The number of aromatic nitrogens is 2. The number of nitrogens with zero attached hydrogens (tertiary/aromatic N) is 3. The van der Waals surface area contributed by atoms with Crippen molar-refractivity contribution < 1.29 is 14.3 Å². The third-order valence-electron chi connectivity index (χ3n) is 6.32. The van der Waals surface area contributed by atoms with Gasteiger partial charge in [0.15, 0.2) is 0 Å². The van der Waals surface area contributed by atoms with Crippen LogP contribution in [-0.4, -0.2) is 59.2 Å². The van der Waals surface area contributed by atoms with Gasteiger partial charge in [-0.1, -0.05) is 6.07 Å². The van der Waals surface area contributed by atoms with Crippen LogP contribution in [0.5, 0.6) is 0 Å². The van der Waals surface area contributed by atoms with Gasteiger partial charge in [0.2, 0.25) is 5.95 Å². The molecule has 4 rings (SSSR count). The molecule has 192 valence electrons. The fourth-order valence-corrected chi connectivity index (χ4v) is 5.49. The Balaban J connectivity index is 1.34. The zero-order valence-electron chi connectivity index (χ0n) is 21.7. The van der Waals surface area contributed by atoms with Crippen LogP contribution < -0.4 is 10.6 Å². The first kappa shape index (κ1) is 25.9. The number of aryl methyl sites for hydroxylation is 1. The maximum Gasteiger partial charge on any atom is 0.410 e. The summed E-state index contributed by atoms with van der Waals surface area (Å²) < 4.78 is 6.54. The minimum absolute atomic E-state index is 0.0907. The van der Waals surface area contributed by atoms with Crippen LogP contribution in [-0.2, 0) is 4.74 Å². The molecule has 1 fully saturated rings. The number of thiophene rings is 1. The number of hydrogen-bond acceptors (Lipinski definition) is 7. The third-order valence-corrected chi connectivity index (χ3v) is 7.42. The predicted octanol–water partition coefficient (Wildman–Crippen LogP) is 5.48. The number of benzene rings is 1. The van der Waals surface area contributed by atoms with Crippen LogP contribution in [0.15, 0.2) is 30.5 Å². The van der Waals surface area contributed by atoms with Crippen LogP contribution in [0.3, 0.4) is 0 Å². The standard InChI is InChI=1S/C27H35N5O3S/c1-17-16-30-25(29-11-8-18-9-12-32(13-10-18)26(34)35-27(2,3)4)31-23(17)22-14-19-6-7-20(24(33)28-5)15-21(19)36-22/h6-7,14-16,18H,8-13H2,1-5H3,(H,28,33)(H,29,30,31). The Hall–Kier alpha value is -3.20. The lowest BCUT2D eigenvalue weighted by atomic mass is 9.94. The maximum atomic E-state index is 12.3. The highest BCUT2D eigenvalue weighted by molar-refractivity contribution is 7.22. The maximum absolute atomic E-state index is 12.3. The van der Waals surface area contributed by atoms with Crippen molar-refractivity contribution in [3.05, 3.63) is 41.6 Å². The van der Waals surface area contributed by atoms with Crippen molar-refractivity contribution in [3.63, 3.8) is 0 Å². The molecule has 0 saturated carbocycles. The second-order valence-electron chi connectivity index (χ2n) is 10.3. The molecule has 1 aliphatic rings. The van der Waals surface area contributed by atoms with Gasteiger partial charge in [0.05, 0.1) is 10.6 Å². The Labute approximate surface area is 216 Å². The highest BCUT2D eigenvalue weighted by Gasteiger charge is 2.26. The lowest BCUT2D eigenvalue weighted by molar-refractivity contribution is 0.0182. The summed E-state index contributed by atoms with van der Waals surface area (Å²) in [7, 11) is 1.64. The van der Waals surface area contributed by atoms with Crippen LogP contribution in [0.25, 0.3) is 20.7 Å². The van der Waals surface area contributed by atoms with Gasteiger partial charge < -0.3 is 20.3 Å². The van der Waals surface area contributed by atoms with E-state index in [1.54, 1.807) is 18.4 Å². The fourth-order valence-electron chi connectivity index (χ4n) is 4.33. The number of amides is 2. The summed E-state index contributed by atoms with van der Waals surface area (Å²) in [6, 6.07) is 7.86. The van der Waals surface area contributed by atoms with Crippen molar-refractivity contribution in [2.75, 3.05) is 32.0 Å². The zero-order chi connectivity index (χ0) is 25.9. The number of carbonyl (C=O) groups excluding carboxylic acids is 2. The van der Waals surface area contributed by atoms with E-state index in [9.17, 15) is 9.59 Å². The van der Waals surface area contributed by atoms with Crippen molar-refractivity contribution in [2.24, 2.45) is 5.92 Å². The van der Waals surface area contributed by atoms with Crippen LogP contribution in [0.2, 0.25) is 0 Å². The van der Waals surface area contributed by atoms with E-state index in [1.165, 1.54) is 0 Å². The lowest BCUT2D eigenvalue weighted by Gasteiger charge is -2.33. The van der Waals surface area contributed by atoms with Gasteiger partial charge in [-0.3, -0.25) is 4.79 Å². The molecule has 1 aromatic carbocycles. The van der Waals surface area contributed by atoms with Gasteiger partial charge >= 0.3 is 6.09 Å². The average Bonchev–Trinajstić information content (AvgIpc) is 3.27. The third kappa shape index (κ3) is 6.32. The minimum atomic E-state index is -0.463. The Bertz CT molecular complexity index is 1240. The second-order valence-corrected chi connectivity index (χ2v) is 11.4. The number of rotatable bonds is 6. The molecule has 9 heteroatoms. The zero-order valence-corrected chi connectivity index (χ0v) is 22.5. The number of likely N-dealkylation sites (tertiary alicyclic amines) is 1. The molecule has 1 aliphatic heterocycles. The van der Waals surface area contributed by atoms with E-state index in [0.717, 1.165) is 65.1 Å². The molecular weight excluding hydrogens is 474 g/mol. The molecule has 0 bridgehead atoms. The van der Waals surface area contributed by atoms with Crippen LogP contribution >= 0.6 is 11.3 Å². The minimum Gasteiger partial charge on any atom is -0.444 e. The predicted molar refractivity (Wildman–Crippen MR) is 145 cm³/mol. The monoisotopic (exact) mass is 509 g/mol. The molecule has 0 spiro atoms. The first-order valence-corrected chi connectivity index (χ1v) is 13.3. The quantitative estimate of drug-likeness (QED) is 0.457. The van der Waals surface area contributed by atoms with Crippen molar-refractivity contribution in [1.82, 2.24) is 20.2 Å². The average molecular weight is 510 g/mol. The highest BCUT2D eigenvalue weighted by Crippen LogP contribution is 2.35. The molecule has 0 radical (unpaired) electrons. The lowest BCUT2D eigenvalue weighted by Crippen LogP contribution is -2.41. The number of ether oxygens (including phenoxy) is 1. The van der Waals surface area contributed by atoms with Gasteiger partial charge in [-0.25, -0.2) is 14.8 Å². The topological polar surface area (TPSA) is 96.5 Å². The molecule has 0 unspecified atom stereocenters. The summed E-state index contributed by atoms with van der Waals surface area (Å²) in [6.07, 6.45) is 4.58. The van der Waals surface area contributed by atoms with Gasteiger partial charge in [-0.15, -0.1) is 11.3 Å². The van der Waals surface area contributed by atoms with E-state index in [-0.39, 0.29) is 12.0 Å². The molecule has 3 aromatic rings. The van der Waals surface area contributed by atoms with Gasteiger partial charge in [-0.2, -0.15) is 0 Å². The number of nitrogens with one attached hydrogen (secondary N) is 2. The van der Waals surface area contributed by atoms with Gasteiger partial charge in [0.25, 0.3) is 5.91 Å². The first-order valence-electron chi connectivity index (χ1n) is 12.4. The molecule has 2 aromatic heterocycles. The molecule has 8 nitrogen and oxygen atoms in total. The Morgan fingerprint density at radius 1 is 1.19 bits per heavy atom. The van der Waals surface area contributed by atoms with Gasteiger partial charge in [-0.05, 0) is 82.0 Å². The summed E-state index contributed by atoms with van der Waals surface area (Å²) in [6.45, 7) is 9.94. The van der Waals surface area contributed by atoms with Crippen molar-refractivity contribution in [2.45, 2.75) is 52.6 Å². The normalized spacial score (nSPS) is 14.6. The summed E-state index contributed by atoms with van der Waals surface area (Å²) in [5.74, 6) is 1.08. The Morgan fingerprint density at radius 2 is 1.94 bits per heavy atom. The summed E-state index contributed by atoms with van der Waals surface area (Å²) in [5.41, 5.74) is 2.10. The molecular formula is C27H35N5O3S. The molecule has 0 aliphatic carbocycles. The highest BCUT2D eigenvalue weighted by atomic mass is 32.1. The Morgan fingerprint density at radius 3 is 2.64 bits per heavy atom. The SMILES string of the molecule is CNC(=O)c1ccc2cc(-c3nc(NCCC4CCN(C(=O)OC(C)(C)C)CC4)ncc3C)sc2c1. The van der Waals surface area contributed by atoms with Crippen LogP contribution in [0, 0.1) is 12.8 Å². The van der Waals surface area contributed by atoms with Gasteiger partial charge in [0, 0.05) is 43.1 Å². The first-order chi connectivity index (χ1) is 17.1. The van der Waals surface area contributed by atoms with Crippen molar-refractivity contribution in [3.8, 4) is 10.6 Å². The van der Waals surface area contributed by atoms with E-state index in [0.29, 0.717) is 17.4 Å². The van der Waals surface area contributed by atoms with E-state index >= 15 is 0 Å². The van der Waals surface area contributed by atoms with Crippen LogP contribution in [0.4, 0.5) is 10.7 Å². The molecule has 0 atom stereocenters. The van der Waals surface area contributed by atoms with Crippen molar-refractivity contribution in [1.29, 1.82) is 0 Å². The summed E-state index contributed by atoms with van der Waals surface area (Å²) >= 11 is 1.63. The molecule has 36 heavy (non-hydrogen) atoms. The molecule has 1 saturated heterocycles. The van der Waals surface area contributed by atoms with Crippen molar-refractivity contribution >= 4 is 39.4 Å². The number of carbonyl (C=O) groups is 2. The number of piperidine rings is 1. The molecule has 2 N–H and O–H groups in total. The number of fused-ring (bicyclic) bond motifs is 1. The van der Waals surface area contributed by atoms with E-state index in [1.807, 2.05) is 57.0 Å². The summed E-state index contributed by atoms with van der Waals surface area (Å²) in [4.78, 5) is 36.4. The van der Waals surface area contributed by atoms with E-state index in [4.69, 9.17) is 9.72 Å². The van der Waals surface area contributed by atoms with E-state index in [2.05, 4.69) is 21.7 Å². The largest absolute Gasteiger partial charge is 0.444 e. The smallest absolute Gasteiger partial charge is 0.410 e. The molecule has 2 amide bonds. The van der Waals surface area contributed by atoms with Crippen LogP contribution in [0.1, 0.15) is 56.0 Å². The summed E-state index contributed by atoms with van der Waals surface area (Å²) in [5, 5.41) is 7.15. The number of hydrogen-bond donors (Lipinski definition) is 2. The molecule has 3 heterocycles. The number of anilines is 1. The second kappa shape index (κ2) is 10.8.